The lowest BCUT2D eigenvalue weighted by atomic mass is 10.1. The van der Waals surface area contributed by atoms with Crippen LogP contribution in [0.5, 0.6) is 5.75 Å². The summed E-state index contributed by atoms with van der Waals surface area (Å²) in [6, 6.07) is 10.3. The summed E-state index contributed by atoms with van der Waals surface area (Å²) in [6.07, 6.45) is -3.25. The van der Waals surface area contributed by atoms with Crippen molar-refractivity contribution in [2.75, 3.05) is 25.5 Å². The molecule has 2 aromatic carbocycles. The first-order valence-electron chi connectivity index (χ1n) is 12.0. The Bertz CT molecular complexity index is 1140. The van der Waals surface area contributed by atoms with Gasteiger partial charge in [-0.25, -0.2) is 4.79 Å². The molecular weight excluding hydrogens is 491 g/mol. The number of methoxy groups -OCH3 is 1. The molecule has 2 heterocycles. The molecule has 0 aliphatic carbocycles. The fourth-order valence-electron chi connectivity index (χ4n) is 4.74. The molecule has 0 unspecified atom stereocenters. The Hall–Kier alpha value is -3.76. The number of hydrogen-bond acceptors (Lipinski definition) is 5. The normalized spacial score (nSPS) is 19.6. The number of rotatable bonds is 6. The highest BCUT2D eigenvalue weighted by atomic mass is 19.4. The molecule has 2 fully saturated rings. The first-order valence-corrected chi connectivity index (χ1v) is 12.0. The first kappa shape index (κ1) is 26.3. The Morgan fingerprint density at radius 2 is 1.65 bits per heavy atom. The standard InChI is InChI=1S/C26H28F3N3O5/c1-36-22-12-11-18(26(27,28)29)15-19(22)30-23(33)20-9-5-13-31(20)24(34)21-10-6-14-32(21)25(35)37-16-17-7-3-2-4-8-17/h2-4,7-8,11-12,15,20-21H,5-6,9-10,13-14,16H2,1H3,(H,30,33)/t20-,21-/m0/s1. The van der Waals surface area contributed by atoms with E-state index in [9.17, 15) is 27.6 Å². The summed E-state index contributed by atoms with van der Waals surface area (Å²) in [6.45, 7) is 0.737. The van der Waals surface area contributed by atoms with Gasteiger partial charge in [-0.2, -0.15) is 13.2 Å². The molecule has 2 aliphatic heterocycles. The summed E-state index contributed by atoms with van der Waals surface area (Å²) in [7, 11) is 1.29. The number of anilines is 1. The molecule has 8 nitrogen and oxygen atoms in total. The Morgan fingerprint density at radius 1 is 0.973 bits per heavy atom. The van der Waals surface area contributed by atoms with Crippen molar-refractivity contribution < 1.29 is 37.0 Å². The highest BCUT2D eigenvalue weighted by molar-refractivity contribution is 5.99. The van der Waals surface area contributed by atoms with Gasteiger partial charge >= 0.3 is 12.3 Å². The Kier molecular flexibility index (Phi) is 7.89. The van der Waals surface area contributed by atoms with Crippen LogP contribution in [0.3, 0.4) is 0 Å². The van der Waals surface area contributed by atoms with Crippen LogP contribution in [0.4, 0.5) is 23.7 Å². The van der Waals surface area contributed by atoms with E-state index >= 15 is 0 Å². The van der Waals surface area contributed by atoms with Gasteiger partial charge in [0.15, 0.2) is 0 Å². The van der Waals surface area contributed by atoms with E-state index < -0.39 is 35.8 Å². The highest BCUT2D eigenvalue weighted by Crippen LogP contribution is 2.35. The van der Waals surface area contributed by atoms with Crippen LogP contribution in [0, 0.1) is 0 Å². The number of nitrogens with one attached hydrogen (secondary N) is 1. The molecule has 0 spiro atoms. The van der Waals surface area contributed by atoms with Crippen molar-refractivity contribution in [2.24, 2.45) is 0 Å². The SMILES string of the molecule is COc1ccc(C(F)(F)F)cc1NC(=O)[C@@H]1CCCN1C(=O)[C@@H]1CCCN1C(=O)OCc1ccccc1. The second-order valence-corrected chi connectivity index (χ2v) is 8.98. The molecular formula is C26H28F3N3O5. The quantitative estimate of drug-likeness (QED) is 0.610. The van der Waals surface area contributed by atoms with Gasteiger partial charge < -0.3 is 19.7 Å². The van der Waals surface area contributed by atoms with Crippen molar-refractivity contribution in [1.29, 1.82) is 0 Å². The zero-order chi connectivity index (χ0) is 26.6. The minimum atomic E-state index is -4.60. The molecule has 2 saturated heterocycles. The van der Waals surface area contributed by atoms with E-state index in [1.807, 2.05) is 30.3 Å². The van der Waals surface area contributed by atoms with Gasteiger partial charge in [0.25, 0.3) is 0 Å². The summed E-state index contributed by atoms with van der Waals surface area (Å²) in [5.41, 5.74) is -0.244. The smallest absolute Gasteiger partial charge is 0.416 e. The number of halogens is 3. The van der Waals surface area contributed by atoms with Crippen molar-refractivity contribution in [3.63, 3.8) is 0 Å². The molecule has 3 amide bonds. The minimum Gasteiger partial charge on any atom is -0.495 e. The van der Waals surface area contributed by atoms with Crippen molar-refractivity contribution in [1.82, 2.24) is 9.80 Å². The monoisotopic (exact) mass is 519 g/mol. The predicted molar refractivity (Wildman–Crippen MR) is 128 cm³/mol. The average Bonchev–Trinajstić information content (AvgIpc) is 3.57. The lowest BCUT2D eigenvalue weighted by Crippen LogP contribution is -2.52. The van der Waals surface area contributed by atoms with E-state index in [2.05, 4.69) is 5.32 Å². The summed E-state index contributed by atoms with van der Waals surface area (Å²) in [4.78, 5) is 42.1. The third-order valence-electron chi connectivity index (χ3n) is 6.60. The Labute approximate surface area is 212 Å². The maximum Gasteiger partial charge on any atom is 0.416 e. The van der Waals surface area contributed by atoms with Crippen LogP contribution in [0.1, 0.15) is 36.8 Å². The van der Waals surface area contributed by atoms with Crippen LogP contribution in [0.25, 0.3) is 0 Å². The van der Waals surface area contributed by atoms with Gasteiger partial charge in [0.1, 0.15) is 24.4 Å². The number of benzene rings is 2. The molecule has 4 rings (SSSR count). The molecule has 2 aromatic rings. The number of hydrogen-bond donors (Lipinski definition) is 1. The number of alkyl halides is 3. The van der Waals surface area contributed by atoms with Gasteiger partial charge in [-0.1, -0.05) is 30.3 Å². The van der Waals surface area contributed by atoms with Gasteiger partial charge in [0.2, 0.25) is 11.8 Å². The third-order valence-corrected chi connectivity index (χ3v) is 6.60. The fourth-order valence-corrected chi connectivity index (χ4v) is 4.74. The van der Waals surface area contributed by atoms with E-state index in [0.29, 0.717) is 38.8 Å². The molecule has 1 N–H and O–H groups in total. The second-order valence-electron chi connectivity index (χ2n) is 8.98. The van der Waals surface area contributed by atoms with Crippen molar-refractivity contribution in [3.8, 4) is 5.75 Å². The highest BCUT2D eigenvalue weighted by Gasteiger charge is 2.43. The van der Waals surface area contributed by atoms with Crippen LogP contribution < -0.4 is 10.1 Å². The van der Waals surface area contributed by atoms with E-state index in [1.165, 1.54) is 16.9 Å². The number of carbonyl (C=O) groups is 3. The molecule has 37 heavy (non-hydrogen) atoms. The average molecular weight is 520 g/mol. The van der Waals surface area contributed by atoms with Gasteiger partial charge in [-0.15, -0.1) is 0 Å². The Morgan fingerprint density at radius 3 is 2.32 bits per heavy atom. The maximum absolute atomic E-state index is 13.4. The fraction of sp³-hybridized carbons (Fsp3) is 0.423. The number of nitrogens with zero attached hydrogens (tertiary/aromatic N) is 2. The van der Waals surface area contributed by atoms with Gasteiger partial charge in [0.05, 0.1) is 18.4 Å². The van der Waals surface area contributed by atoms with Gasteiger partial charge in [0, 0.05) is 13.1 Å². The van der Waals surface area contributed by atoms with Crippen LogP contribution in [-0.2, 0) is 27.1 Å². The minimum absolute atomic E-state index is 0.0698. The van der Waals surface area contributed by atoms with Crippen LogP contribution in [0.15, 0.2) is 48.5 Å². The zero-order valence-electron chi connectivity index (χ0n) is 20.3. The van der Waals surface area contributed by atoms with E-state index in [-0.39, 0.29) is 24.0 Å². The van der Waals surface area contributed by atoms with Crippen LogP contribution >= 0.6 is 0 Å². The molecule has 198 valence electrons. The maximum atomic E-state index is 13.4. The van der Waals surface area contributed by atoms with Gasteiger partial charge in [-0.3, -0.25) is 14.5 Å². The number of amides is 3. The molecule has 11 heteroatoms. The molecule has 0 aromatic heterocycles. The van der Waals surface area contributed by atoms with Gasteiger partial charge in [-0.05, 0) is 49.4 Å². The van der Waals surface area contributed by atoms with E-state index in [4.69, 9.17) is 9.47 Å². The summed E-state index contributed by atoms with van der Waals surface area (Å²) in [5, 5.41) is 2.50. The van der Waals surface area contributed by atoms with Crippen LogP contribution in [-0.4, -0.2) is 60.0 Å². The lowest BCUT2D eigenvalue weighted by molar-refractivity contribution is -0.140. The van der Waals surface area contributed by atoms with Crippen molar-refractivity contribution in [2.45, 2.75) is 50.6 Å². The zero-order valence-corrected chi connectivity index (χ0v) is 20.3. The van der Waals surface area contributed by atoms with Crippen molar-refractivity contribution in [3.05, 3.63) is 59.7 Å². The lowest BCUT2D eigenvalue weighted by Gasteiger charge is -2.30. The first-order chi connectivity index (χ1) is 17.7. The molecule has 0 radical (unpaired) electrons. The Balaban J connectivity index is 1.44. The molecule has 0 bridgehead atoms. The van der Waals surface area contributed by atoms with E-state index in [1.54, 1.807) is 0 Å². The van der Waals surface area contributed by atoms with Crippen LogP contribution in [0.2, 0.25) is 0 Å². The summed E-state index contributed by atoms with van der Waals surface area (Å²) < 4.78 is 50.1. The molecule has 2 aliphatic rings. The topological polar surface area (TPSA) is 88.2 Å². The summed E-state index contributed by atoms with van der Waals surface area (Å²) >= 11 is 0. The molecule has 2 atom stereocenters. The van der Waals surface area contributed by atoms with Crippen molar-refractivity contribution >= 4 is 23.6 Å². The summed E-state index contributed by atoms with van der Waals surface area (Å²) in [5.74, 6) is -0.914. The number of carbonyl (C=O) groups excluding carboxylic acids is 3. The second kappa shape index (κ2) is 11.1. The third kappa shape index (κ3) is 5.98. The molecule has 0 saturated carbocycles. The van der Waals surface area contributed by atoms with E-state index in [0.717, 1.165) is 23.8 Å². The number of ether oxygens (including phenoxy) is 2. The number of likely N-dealkylation sites (tertiary alicyclic amines) is 2. The largest absolute Gasteiger partial charge is 0.495 e. The predicted octanol–water partition coefficient (Wildman–Crippen LogP) is 4.44.